The Morgan fingerprint density at radius 2 is 1.54 bits per heavy atom. The Bertz CT molecular complexity index is 696. The van der Waals surface area contributed by atoms with Gasteiger partial charge in [-0.25, -0.2) is 0 Å². The number of hydrogen-bond donors (Lipinski definition) is 3. The molecule has 1 heterocycles. The lowest BCUT2D eigenvalue weighted by atomic mass is 10.2. The van der Waals surface area contributed by atoms with Crippen LogP contribution in [0.25, 0.3) is 0 Å². The second-order valence-electron chi connectivity index (χ2n) is 6.28. The van der Waals surface area contributed by atoms with E-state index in [1.54, 1.807) is 6.07 Å². The first-order valence-corrected chi connectivity index (χ1v) is 8.70. The van der Waals surface area contributed by atoms with Crippen LogP contribution < -0.4 is 11.5 Å². The monoisotopic (exact) mass is 353 g/mol. The van der Waals surface area contributed by atoms with Gasteiger partial charge in [0.15, 0.2) is 0 Å². The van der Waals surface area contributed by atoms with Crippen LogP contribution >= 0.6 is 0 Å². The molecule has 0 unspecified atom stereocenters. The highest BCUT2D eigenvalue weighted by molar-refractivity contribution is 5.84. The minimum Gasteiger partial charge on any atom is -0.398 e. The molecule has 3 rings (SSSR count). The number of nitrogens with one attached hydrogen (secondary N) is 1. The molecular formula is C20H27N5O. The number of nitrogens with two attached hydrogens (primary N) is 2. The molecular weight excluding hydrogens is 326 g/mol. The van der Waals surface area contributed by atoms with Crippen molar-refractivity contribution in [2.45, 2.75) is 6.54 Å². The van der Waals surface area contributed by atoms with E-state index >= 15 is 0 Å². The number of benzene rings is 2. The maximum Gasteiger partial charge on any atom is 0.231 e. The third-order valence-electron chi connectivity index (χ3n) is 4.24. The van der Waals surface area contributed by atoms with Crippen LogP contribution in [0.3, 0.4) is 0 Å². The maximum atomic E-state index is 10.8. The zero-order valence-corrected chi connectivity index (χ0v) is 15.0. The van der Waals surface area contributed by atoms with Gasteiger partial charge in [0, 0.05) is 50.2 Å². The highest BCUT2D eigenvalue weighted by Gasteiger charge is 2.17. The molecule has 0 bridgehead atoms. The van der Waals surface area contributed by atoms with Crippen molar-refractivity contribution in [1.82, 2.24) is 9.80 Å². The summed E-state index contributed by atoms with van der Waals surface area (Å²) in [7, 11) is 0. The van der Waals surface area contributed by atoms with E-state index in [1.807, 2.05) is 24.3 Å². The van der Waals surface area contributed by atoms with Crippen molar-refractivity contribution in [3.05, 3.63) is 65.7 Å². The number of hydrogen-bond acceptors (Lipinski definition) is 5. The molecule has 0 aromatic heterocycles. The number of carbonyl (C=O) groups excluding carboxylic acids is 1. The van der Waals surface area contributed by atoms with Gasteiger partial charge in [-0.2, -0.15) is 0 Å². The maximum absolute atomic E-state index is 10.8. The Morgan fingerprint density at radius 3 is 2.08 bits per heavy atom. The van der Waals surface area contributed by atoms with E-state index in [9.17, 15) is 4.79 Å². The minimum absolute atomic E-state index is 0.235. The van der Waals surface area contributed by atoms with Gasteiger partial charge in [-0.15, -0.1) is 0 Å². The average molecular weight is 353 g/mol. The highest BCUT2D eigenvalue weighted by atomic mass is 16.1. The Morgan fingerprint density at radius 1 is 0.962 bits per heavy atom. The van der Waals surface area contributed by atoms with Crippen molar-refractivity contribution in [2.24, 2.45) is 5.73 Å². The van der Waals surface area contributed by atoms with Gasteiger partial charge >= 0.3 is 0 Å². The third-order valence-corrected chi connectivity index (χ3v) is 4.24. The second-order valence-corrected chi connectivity index (χ2v) is 6.28. The Labute approximate surface area is 154 Å². The molecule has 138 valence electrons. The molecule has 26 heavy (non-hydrogen) atoms. The van der Waals surface area contributed by atoms with Gasteiger partial charge in [0.05, 0.1) is 6.54 Å². The topological polar surface area (TPSA) is 99.4 Å². The second kappa shape index (κ2) is 10.3. The van der Waals surface area contributed by atoms with Gasteiger partial charge in [-0.1, -0.05) is 48.5 Å². The summed E-state index contributed by atoms with van der Waals surface area (Å²) >= 11 is 0. The number of piperazine rings is 1. The number of nitrogen functional groups attached to an aromatic ring is 1. The lowest BCUT2D eigenvalue weighted by Crippen LogP contribution is -2.48. The van der Waals surface area contributed by atoms with Gasteiger partial charge in [0.25, 0.3) is 0 Å². The zero-order chi connectivity index (χ0) is 18.8. The summed E-state index contributed by atoms with van der Waals surface area (Å²) in [5, 5.41) is 6.88. The highest BCUT2D eigenvalue weighted by Crippen LogP contribution is 2.08. The Balaban J connectivity index is 0.000000228. The number of primary amides is 1. The number of carbonyl (C=O) groups is 1. The fraction of sp³-hybridized carbons (Fsp3) is 0.300. The molecule has 2 aromatic carbocycles. The van der Waals surface area contributed by atoms with Crippen molar-refractivity contribution in [3.8, 4) is 0 Å². The summed E-state index contributed by atoms with van der Waals surface area (Å²) in [6.07, 6.45) is 1.25. The number of nitrogens with zero attached hydrogens (tertiary/aromatic N) is 2. The van der Waals surface area contributed by atoms with Crippen LogP contribution in [0.2, 0.25) is 0 Å². The number of para-hydroxylation sites is 1. The van der Waals surface area contributed by atoms with E-state index in [-0.39, 0.29) is 5.91 Å². The van der Waals surface area contributed by atoms with Gasteiger partial charge < -0.3 is 16.9 Å². The van der Waals surface area contributed by atoms with E-state index in [1.165, 1.54) is 11.8 Å². The molecule has 2 aromatic rings. The van der Waals surface area contributed by atoms with Crippen LogP contribution in [-0.4, -0.2) is 54.6 Å². The van der Waals surface area contributed by atoms with Crippen LogP contribution in [0.1, 0.15) is 11.1 Å². The summed E-state index contributed by atoms with van der Waals surface area (Å²) in [6, 6.07) is 17.8. The summed E-state index contributed by atoms with van der Waals surface area (Å²) < 4.78 is 0. The first-order valence-electron chi connectivity index (χ1n) is 8.70. The molecule has 1 amide bonds. The molecule has 1 fully saturated rings. The molecule has 1 saturated heterocycles. The number of amides is 1. The molecule has 0 radical (unpaired) electrons. The predicted octanol–water partition coefficient (Wildman–Crippen LogP) is 1.56. The van der Waals surface area contributed by atoms with E-state index in [2.05, 4.69) is 34.1 Å². The normalized spacial score (nSPS) is 14.9. The van der Waals surface area contributed by atoms with E-state index < -0.39 is 0 Å². The SMILES string of the molecule is N=Cc1ccccc1N.NC(=O)CN1CCN(Cc2ccccc2)CC1. The summed E-state index contributed by atoms with van der Waals surface area (Å²) in [5.41, 5.74) is 13.4. The van der Waals surface area contributed by atoms with Crippen molar-refractivity contribution >= 4 is 17.8 Å². The number of anilines is 1. The lowest BCUT2D eigenvalue weighted by molar-refractivity contribution is -0.119. The Hall–Kier alpha value is -2.70. The van der Waals surface area contributed by atoms with Crippen molar-refractivity contribution < 1.29 is 4.79 Å². The first-order chi connectivity index (χ1) is 12.6. The van der Waals surface area contributed by atoms with Crippen molar-refractivity contribution in [1.29, 1.82) is 5.41 Å². The van der Waals surface area contributed by atoms with Crippen molar-refractivity contribution in [3.63, 3.8) is 0 Å². The van der Waals surface area contributed by atoms with Crippen LogP contribution in [0, 0.1) is 5.41 Å². The molecule has 5 N–H and O–H groups in total. The van der Waals surface area contributed by atoms with Crippen LogP contribution in [0.4, 0.5) is 5.69 Å². The molecule has 0 aliphatic carbocycles. The largest absolute Gasteiger partial charge is 0.398 e. The average Bonchev–Trinajstić information content (AvgIpc) is 2.65. The zero-order valence-electron chi connectivity index (χ0n) is 15.0. The standard InChI is InChI=1S/C13H19N3O.C7H8N2/c14-13(17)11-16-8-6-15(7-9-16)10-12-4-2-1-3-5-12;8-5-6-3-1-2-4-7(6)9/h1-5H,6-11H2,(H2,14,17);1-5,8H,9H2. The van der Waals surface area contributed by atoms with Gasteiger partial charge in [0.1, 0.15) is 0 Å². The fourth-order valence-corrected chi connectivity index (χ4v) is 2.81. The van der Waals surface area contributed by atoms with Crippen molar-refractivity contribution in [2.75, 3.05) is 38.5 Å². The molecule has 0 atom stereocenters. The van der Waals surface area contributed by atoms with Gasteiger partial charge in [-0.05, 0) is 11.6 Å². The molecule has 6 nitrogen and oxygen atoms in total. The number of rotatable bonds is 5. The lowest BCUT2D eigenvalue weighted by Gasteiger charge is -2.33. The van der Waals surface area contributed by atoms with Gasteiger partial charge in [-0.3, -0.25) is 14.6 Å². The van der Waals surface area contributed by atoms with Crippen LogP contribution in [-0.2, 0) is 11.3 Å². The quantitative estimate of drug-likeness (QED) is 0.561. The van der Waals surface area contributed by atoms with Crippen LogP contribution in [0.15, 0.2) is 54.6 Å². The Kier molecular flexibility index (Phi) is 7.79. The third kappa shape index (κ3) is 6.66. The molecule has 0 saturated carbocycles. The molecule has 1 aliphatic rings. The smallest absolute Gasteiger partial charge is 0.231 e. The fourth-order valence-electron chi connectivity index (χ4n) is 2.81. The molecule has 0 spiro atoms. The summed E-state index contributed by atoms with van der Waals surface area (Å²) in [5.74, 6) is -0.235. The minimum atomic E-state index is -0.235. The molecule has 6 heteroatoms. The molecule has 1 aliphatic heterocycles. The first kappa shape index (κ1) is 19.6. The predicted molar refractivity (Wildman–Crippen MR) is 106 cm³/mol. The van der Waals surface area contributed by atoms with E-state index in [0.717, 1.165) is 38.3 Å². The van der Waals surface area contributed by atoms with E-state index in [4.69, 9.17) is 16.9 Å². The van der Waals surface area contributed by atoms with Gasteiger partial charge in [0.2, 0.25) is 5.91 Å². The summed E-state index contributed by atoms with van der Waals surface area (Å²) in [4.78, 5) is 15.3. The summed E-state index contributed by atoms with van der Waals surface area (Å²) in [6.45, 7) is 5.24. The van der Waals surface area contributed by atoms with E-state index in [0.29, 0.717) is 12.2 Å². The van der Waals surface area contributed by atoms with Crippen LogP contribution in [0.5, 0.6) is 0 Å².